The molecule has 41 heteroatoms. The van der Waals surface area contributed by atoms with E-state index in [9.17, 15) is 158 Å². The highest BCUT2D eigenvalue weighted by Crippen LogP contribution is 2.64. The highest BCUT2D eigenvalue weighted by Gasteiger charge is 2.97. The second kappa shape index (κ2) is 13.9. The van der Waals surface area contributed by atoms with Crippen molar-refractivity contribution >= 4 is 14.6 Å². The maximum Gasteiger partial charge on any atom is 0.594 e. The van der Waals surface area contributed by atoms with E-state index in [1.807, 2.05) is 0 Å². The van der Waals surface area contributed by atoms with Crippen LogP contribution < -0.4 is 0 Å². The second-order valence-corrected chi connectivity index (χ2v) is 12.3. The molecular formula is C17F36O4Si. The monoisotopic (exact) mass is 980 g/mol. The van der Waals surface area contributed by atoms with Crippen LogP contribution in [0.5, 0.6) is 0 Å². The number of hydrogen-bond donors (Lipinski definition) is 0. The summed E-state index contributed by atoms with van der Waals surface area (Å²) in [4.78, 5) is 11.6. The number of carbonyl (C=O) groups excluding carboxylic acids is 1. The molecule has 0 aliphatic heterocycles. The minimum absolute atomic E-state index is 0.987. The van der Waals surface area contributed by atoms with Gasteiger partial charge in [-0.2, -0.15) is 158 Å². The first-order valence-electron chi connectivity index (χ1n) is 11.7. The van der Waals surface area contributed by atoms with Gasteiger partial charge in [0.15, 0.2) is 0 Å². The highest BCUT2D eigenvalue weighted by atomic mass is 28.4. The summed E-state index contributed by atoms with van der Waals surface area (Å²) in [6.07, 6.45) is -61.7. The number of ketones is 1. The average Bonchev–Trinajstić information content (AvgIpc) is 2.92. The summed E-state index contributed by atoms with van der Waals surface area (Å²) in [5.74, 6) is -84.4. The molecule has 0 rings (SSSR count). The van der Waals surface area contributed by atoms with Crippen LogP contribution in [0, 0.1) is 0 Å². The van der Waals surface area contributed by atoms with Crippen LogP contribution in [0.15, 0.2) is 0 Å². The van der Waals surface area contributed by atoms with E-state index in [1.165, 1.54) is 0 Å². The van der Waals surface area contributed by atoms with Gasteiger partial charge in [-0.05, 0) is 0 Å². The molecule has 0 heterocycles. The van der Waals surface area contributed by atoms with Crippen LogP contribution in [0.4, 0.5) is 158 Å². The molecule has 0 spiro atoms. The van der Waals surface area contributed by atoms with E-state index in [0.29, 0.717) is 0 Å². The summed E-state index contributed by atoms with van der Waals surface area (Å²) in [6.45, 7) is 0. The Hall–Kier alpha value is -2.75. The third-order valence-electron chi connectivity index (χ3n) is 5.86. The van der Waals surface area contributed by atoms with E-state index < -0.39 is 111 Å². The molecule has 0 N–H and O–H groups in total. The van der Waals surface area contributed by atoms with Crippen molar-refractivity contribution in [2.24, 2.45) is 0 Å². The maximum atomic E-state index is 15.0. The van der Waals surface area contributed by atoms with Gasteiger partial charge in [-0.15, -0.1) is 0 Å². The summed E-state index contributed by atoms with van der Waals surface area (Å²) >= 11 is 0. The van der Waals surface area contributed by atoms with Gasteiger partial charge >= 0.3 is 105 Å². The molecule has 0 saturated heterocycles. The zero-order valence-corrected chi connectivity index (χ0v) is 25.2. The zero-order valence-electron chi connectivity index (χ0n) is 24.2. The smallest absolute Gasteiger partial charge is 0.322 e. The van der Waals surface area contributed by atoms with E-state index >= 15 is 4.39 Å². The minimum atomic E-state index is -12.2. The van der Waals surface area contributed by atoms with Crippen molar-refractivity contribution < 1.29 is 176 Å². The van der Waals surface area contributed by atoms with Crippen molar-refractivity contribution in [3.8, 4) is 0 Å². The highest BCUT2D eigenvalue weighted by molar-refractivity contribution is 6.64. The van der Waals surface area contributed by atoms with Gasteiger partial charge in [0.1, 0.15) is 0 Å². The molecule has 1 unspecified atom stereocenters. The fraction of sp³-hybridized carbons (Fsp3) is 0.941. The normalized spacial score (nSPS) is 17.7. The van der Waals surface area contributed by atoms with Crippen LogP contribution in [0.1, 0.15) is 0 Å². The Bertz CT molecular complexity index is 1460. The molecule has 4 nitrogen and oxygen atoms in total. The topological polar surface area (TPSA) is 44.8 Å². The van der Waals surface area contributed by atoms with Gasteiger partial charge in [0.05, 0.1) is 0 Å². The standard InChI is InChI=1S/C17F36O4Si/c18-2(19,4(21,22)5(23,24)6(25,26)7(27,28)8(29,30)11(36,37)38)1(54)3(20,10(33,34)35)55-58(56-15(48,49)13(42,43)44,57-16(50,51)14(45,46)47)17(52,53)9(31,32)12(39,40)41. The van der Waals surface area contributed by atoms with Crippen molar-refractivity contribution in [3.05, 3.63) is 0 Å². The largest absolute Gasteiger partial charge is 0.594 e. The Balaban J connectivity index is 8.85. The summed E-state index contributed by atoms with van der Waals surface area (Å²) in [6, 6.07) is 0. The third-order valence-corrected chi connectivity index (χ3v) is 8.55. The van der Waals surface area contributed by atoms with Crippen LogP contribution in [-0.2, 0) is 18.1 Å². The maximum absolute atomic E-state index is 15.0. The lowest BCUT2D eigenvalue weighted by Gasteiger charge is -2.45. The third kappa shape index (κ3) is 7.95. The Morgan fingerprint density at radius 2 is 0.552 bits per heavy atom. The molecule has 0 radical (unpaired) electrons. The van der Waals surface area contributed by atoms with Gasteiger partial charge in [-0.3, -0.25) is 4.79 Å². The molecule has 0 aromatic heterocycles. The molecule has 0 aliphatic carbocycles. The lowest BCUT2D eigenvalue weighted by Crippen LogP contribution is -2.79. The predicted molar refractivity (Wildman–Crippen MR) is 97.6 cm³/mol. The molecule has 0 amide bonds. The van der Waals surface area contributed by atoms with Crippen molar-refractivity contribution in [3.63, 3.8) is 0 Å². The molecule has 348 valence electrons. The van der Waals surface area contributed by atoms with Gasteiger partial charge in [0.2, 0.25) is 0 Å². The van der Waals surface area contributed by atoms with E-state index in [-0.39, 0.29) is 0 Å². The molecule has 0 aliphatic rings. The Morgan fingerprint density at radius 3 is 0.793 bits per heavy atom. The molecule has 0 fully saturated rings. The lowest BCUT2D eigenvalue weighted by molar-refractivity contribution is -0.451. The van der Waals surface area contributed by atoms with Crippen molar-refractivity contribution in [2.45, 2.75) is 96.0 Å². The summed E-state index contributed by atoms with van der Waals surface area (Å²) in [5, 5.41) is 0. The van der Waals surface area contributed by atoms with Crippen molar-refractivity contribution in [2.75, 3.05) is 0 Å². The quantitative estimate of drug-likeness (QED) is 0.121. The van der Waals surface area contributed by atoms with Crippen molar-refractivity contribution in [1.82, 2.24) is 0 Å². The van der Waals surface area contributed by atoms with Crippen molar-refractivity contribution in [1.29, 1.82) is 0 Å². The Morgan fingerprint density at radius 1 is 0.293 bits per heavy atom. The molecule has 58 heavy (non-hydrogen) atoms. The van der Waals surface area contributed by atoms with Crippen LogP contribution >= 0.6 is 0 Å². The Labute approximate surface area is 288 Å². The lowest BCUT2D eigenvalue weighted by atomic mass is 9.88. The van der Waals surface area contributed by atoms with Crippen LogP contribution in [0.3, 0.4) is 0 Å². The van der Waals surface area contributed by atoms with Crippen LogP contribution in [-0.4, -0.2) is 111 Å². The Kier molecular flexibility index (Phi) is 13.2. The first kappa shape index (κ1) is 55.2. The van der Waals surface area contributed by atoms with E-state index in [4.69, 9.17) is 0 Å². The number of hydrogen-bond acceptors (Lipinski definition) is 4. The zero-order chi connectivity index (χ0) is 48.2. The van der Waals surface area contributed by atoms with Gasteiger partial charge < -0.3 is 13.3 Å². The predicted octanol–water partition coefficient (Wildman–Crippen LogP) is 10.8. The molecular weight excluding hydrogens is 980 g/mol. The minimum Gasteiger partial charge on any atom is -0.322 e. The molecule has 1 atom stereocenters. The molecule has 0 aromatic rings. The number of Topliss-reactive ketones (excluding diaryl/α,β-unsaturated/α-hetero) is 1. The number of alkyl halides is 36. The molecule has 0 aromatic carbocycles. The SMILES string of the molecule is O=C(C(F)(F)C(F)(F)C(F)(F)C(F)(F)C(F)(F)C(F)(F)C(F)(F)F)C(F)(O[Si](OC(F)(F)C(F)(F)F)(OC(F)(F)C(F)(F)F)C(F)(F)C(F)(F)C(F)(F)F)C(F)(F)F. The number of rotatable bonds is 15. The summed E-state index contributed by atoms with van der Waals surface area (Å²) in [5.41, 5.74) is -9.83. The summed E-state index contributed by atoms with van der Waals surface area (Å²) < 4.78 is 484. The number of halogens is 36. The first-order chi connectivity index (χ1) is 24.3. The first-order valence-corrected chi connectivity index (χ1v) is 13.5. The molecule has 0 saturated carbocycles. The second-order valence-electron chi connectivity index (χ2n) is 9.90. The van der Waals surface area contributed by atoms with E-state index in [2.05, 4.69) is 0 Å². The molecule has 0 bridgehead atoms. The number of carbonyl (C=O) groups is 1. The van der Waals surface area contributed by atoms with E-state index in [0.717, 1.165) is 13.3 Å². The van der Waals surface area contributed by atoms with Crippen LogP contribution in [0.2, 0.25) is 0 Å². The fourth-order valence-corrected chi connectivity index (χ4v) is 5.33. The van der Waals surface area contributed by atoms with E-state index in [1.54, 1.807) is 0 Å². The van der Waals surface area contributed by atoms with Gasteiger partial charge in [-0.1, -0.05) is 0 Å². The summed E-state index contributed by atoms with van der Waals surface area (Å²) in [7, 11) is -12.2. The van der Waals surface area contributed by atoms with Gasteiger partial charge in [0, 0.05) is 0 Å². The fourth-order valence-electron chi connectivity index (χ4n) is 2.81. The average molecular weight is 980 g/mol. The van der Waals surface area contributed by atoms with Crippen LogP contribution in [0.25, 0.3) is 0 Å². The van der Waals surface area contributed by atoms with Gasteiger partial charge in [0.25, 0.3) is 5.78 Å². The van der Waals surface area contributed by atoms with Gasteiger partial charge in [-0.25, -0.2) is 0 Å².